The number of hydrogen-bond donors (Lipinski definition) is 1. The summed E-state index contributed by atoms with van der Waals surface area (Å²) in [7, 11) is 0. The van der Waals surface area contributed by atoms with Crippen LogP contribution in [-0.2, 0) is 6.54 Å². The fourth-order valence-corrected chi connectivity index (χ4v) is 3.44. The molecule has 0 saturated heterocycles. The van der Waals surface area contributed by atoms with Crippen molar-refractivity contribution in [2.75, 3.05) is 0 Å². The lowest BCUT2D eigenvalue weighted by atomic mass is 10.1. The lowest BCUT2D eigenvalue weighted by molar-refractivity contribution is 0.0946. The van der Waals surface area contributed by atoms with Crippen LogP contribution >= 0.6 is 0 Å². The summed E-state index contributed by atoms with van der Waals surface area (Å²) in [6, 6.07) is 19.8. The highest BCUT2D eigenvalue weighted by Crippen LogP contribution is 2.15. The van der Waals surface area contributed by atoms with Gasteiger partial charge in [-0.3, -0.25) is 14.2 Å². The minimum Gasteiger partial charge on any atom is -0.346 e. The van der Waals surface area contributed by atoms with Gasteiger partial charge in [-0.05, 0) is 29.8 Å². The number of fused-ring (bicyclic) bond motifs is 1. The van der Waals surface area contributed by atoms with E-state index in [4.69, 9.17) is 0 Å². The highest BCUT2D eigenvalue weighted by Gasteiger charge is 2.17. The Morgan fingerprint density at radius 1 is 0.938 bits per heavy atom. The monoisotopic (exact) mass is 422 g/mol. The van der Waals surface area contributed by atoms with Crippen LogP contribution in [-0.4, -0.2) is 30.2 Å². The normalized spacial score (nSPS) is 10.9. The predicted octanol–water partition coefficient (Wildman–Crippen LogP) is 2.90. The number of aromatic nitrogens is 5. The summed E-state index contributed by atoms with van der Waals surface area (Å²) in [4.78, 5) is 34.4. The maximum absolute atomic E-state index is 13.1. The van der Waals surface area contributed by atoms with E-state index in [1.807, 2.05) is 36.5 Å². The molecule has 0 aliphatic carbocycles. The van der Waals surface area contributed by atoms with E-state index in [-0.39, 0.29) is 23.7 Å². The molecule has 1 N–H and O–H groups in total. The Labute approximate surface area is 182 Å². The first kappa shape index (κ1) is 19.4. The Morgan fingerprint density at radius 3 is 2.44 bits per heavy atom. The predicted molar refractivity (Wildman–Crippen MR) is 120 cm³/mol. The molecule has 1 amide bonds. The first-order chi connectivity index (χ1) is 15.7. The van der Waals surface area contributed by atoms with Gasteiger partial charge in [0.15, 0.2) is 5.69 Å². The quantitative estimate of drug-likeness (QED) is 0.470. The van der Waals surface area contributed by atoms with Gasteiger partial charge in [0.05, 0.1) is 11.1 Å². The largest absolute Gasteiger partial charge is 0.346 e. The molecule has 0 aliphatic rings. The number of carbonyl (C=O) groups is 1. The molecule has 0 unspecified atom stereocenters. The zero-order chi connectivity index (χ0) is 21.9. The molecule has 8 nitrogen and oxygen atoms in total. The maximum Gasteiger partial charge on any atom is 0.279 e. The molecule has 2 aromatic carbocycles. The summed E-state index contributed by atoms with van der Waals surface area (Å²) >= 11 is 0. The second kappa shape index (κ2) is 8.27. The number of hydrogen-bond acceptors (Lipinski definition) is 5. The van der Waals surface area contributed by atoms with Crippen LogP contribution in [0.15, 0.2) is 96.4 Å². The van der Waals surface area contributed by atoms with Crippen molar-refractivity contribution >= 4 is 16.7 Å². The van der Waals surface area contributed by atoms with Crippen LogP contribution in [0.5, 0.6) is 0 Å². The Morgan fingerprint density at radius 2 is 1.72 bits per heavy atom. The van der Waals surface area contributed by atoms with Gasteiger partial charge in [0.2, 0.25) is 0 Å². The Kier molecular flexibility index (Phi) is 5.01. The topological polar surface area (TPSA) is 94.7 Å². The Balaban J connectivity index is 1.44. The van der Waals surface area contributed by atoms with Crippen molar-refractivity contribution in [2.45, 2.75) is 6.54 Å². The summed E-state index contributed by atoms with van der Waals surface area (Å²) in [5, 5.41) is 8.22. The van der Waals surface area contributed by atoms with E-state index in [2.05, 4.69) is 20.4 Å². The maximum atomic E-state index is 13.1. The lowest BCUT2D eigenvalue weighted by Crippen LogP contribution is -2.29. The molecule has 0 saturated carbocycles. The second-order valence-electron chi connectivity index (χ2n) is 7.12. The van der Waals surface area contributed by atoms with Crippen molar-refractivity contribution in [2.24, 2.45) is 0 Å². The summed E-state index contributed by atoms with van der Waals surface area (Å²) in [5.41, 5.74) is 1.34. The number of nitrogens with zero attached hydrogens (tertiary/aromatic N) is 5. The van der Waals surface area contributed by atoms with Gasteiger partial charge in [0, 0.05) is 30.5 Å². The molecule has 5 aromatic rings. The average Bonchev–Trinajstić information content (AvgIpc) is 3.39. The third kappa shape index (κ3) is 3.65. The van der Waals surface area contributed by atoms with Gasteiger partial charge in [-0.1, -0.05) is 42.5 Å². The minimum absolute atomic E-state index is 0.187. The number of imidazole rings is 1. The molecule has 3 heterocycles. The molecule has 0 aliphatic heterocycles. The first-order valence-corrected chi connectivity index (χ1v) is 10.00. The molecule has 0 fully saturated rings. The van der Waals surface area contributed by atoms with Crippen molar-refractivity contribution in [3.8, 4) is 11.5 Å². The van der Waals surface area contributed by atoms with E-state index >= 15 is 0 Å². The van der Waals surface area contributed by atoms with Crippen LogP contribution in [0.2, 0.25) is 0 Å². The van der Waals surface area contributed by atoms with E-state index in [1.165, 1.54) is 4.68 Å². The molecule has 156 valence electrons. The van der Waals surface area contributed by atoms with Gasteiger partial charge in [-0.15, -0.1) is 0 Å². The number of rotatable bonds is 5. The van der Waals surface area contributed by atoms with Crippen molar-refractivity contribution in [3.05, 3.63) is 113 Å². The van der Waals surface area contributed by atoms with Crippen molar-refractivity contribution in [3.63, 3.8) is 0 Å². The van der Waals surface area contributed by atoms with E-state index in [0.29, 0.717) is 16.5 Å². The molecule has 0 atom stereocenters. The smallest absolute Gasteiger partial charge is 0.279 e. The molecular formula is C24H18N6O2. The van der Waals surface area contributed by atoms with Crippen molar-refractivity contribution < 1.29 is 4.79 Å². The third-order valence-corrected chi connectivity index (χ3v) is 5.05. The molecular weight excluding hydrogens is 404 g/mol. The lowest BCUT2D eigenvalue weighted by Gasteiger charge is -2.11. The van der Waals surface area contributed by atoms with E-state index in [9.17, 15) is 9.59 Å². The van der Waals surface area contributed by atoms with Crippen LogP contribution in [0.3, 0.4) is 0 Å². The fraction of sp³-hybridized carbons (Fsp3) is 0.0417. The Bertz CT molecular complexity index is 1440. The summed E-state index contributed by atoms with van der Waals surface area (Å²) in [6.45, 7) is 0.274. The summed E-state index contributed by atoms with van der Waals surface area (Å²) in [6.07, 6.45) is 6.86. The van der Waals surface area contributed by atoms with Crippen LogP contribution in [0.25, 0.3) is 22.3 Å². The number of nitrogens with one attached hydrogen (secondary N) is 1. The second-order valence-corrected chi connectivity index (χ2v) is 7.12. The number of amides is 1. The van der Waals surface area contributed by atoms with Gasteiger partial charge in [0.1, 0.15) is 12.1 Å². The molecule has 0 spiro atoms. The van der Waals surface area contributed by atoms with Crippen LogP contribution in [0.4, 0.5) is 0 Å². The van der Waals surface area contributed by atoms with Crippen LogP contribution < -0.4 is 10.9 Å². The summed E-state index contributed by atoms with van der Waals surface area (Å²) in [5.74, 6) is 0.366. The fourth-order valence-electron chi connectivity index (χ4n) is 3.44. The van der Waals surface area contributed by atoms with Crippen molar-refractivity contribution in [1.29, 1.82) is 0 Å². The molecule has 5 rings (SSSR count). The standard InChI is InChI=1S/C24H18N6O2/c31-23(27-15-17-10-11-21(26-14-17)29-13-12-25-16-29)22-19-8-4-5-9-20(19)24(32)30(28-22)18-6-2-1-3-7-18/h1-14,16H,15H2,(H,27,31). The average molecular weight is 422 g/mol. The highest BCUT2D eigenvalue weighted by atomic mass is 16.2. The van der Waals surface area contributed by atoms with Gasteiger partial charge >= 0.3 is 0 Å². The van der Waals surface area contributed by atoms with Gasteiger partial charge < -0.3 is 5.32 Å². The molecule has 32 heavy (non-hydrogen) atoms. The number of carbonyl (C=O) groups excluding carboxylic acids is 1. The molecule has 8 heteroatoms. The molecule has 3 aromatic heterocycles. The van der Waals surface area contributed by atoms with Gasteiger partial charge in [0.25, 0.3) is 11.5 Å². The zero-order valence-electron chi connectivity index (χ0n) is 16.9. The van der Waals surface area contributed by atoms with Crippen LogP contribution in [0.1, 0.15) is 16.1 Å². The minimum atomic E-state index is -0.371. The Hall–Kier alpha value is -4.59. The van der Waals surface area contributed by atoms with E-state index < -0.39 is 0 Å². The van der Waals surface area contributed by atoms with E-state index in [1.54, 1.807) is 59.7 Å². The van der Waals surface area contributed by atoms with E-state index in [0.717, 1.165) is 11.4 Å². The highest BCUT2D eigenvalue weighted by molar-refractivity contribution is 6.04. The van der Waals surface area contributed by atoms with Crippen molar-refractivity contribution in [1.82, 2.24) is 29.6 Å². The summed E-state index contributed by atoms with van der Waals surface area (Å²) < 4.78 is 3.06. The molecule has 0 radical (unpaired) electrons. The first-order valence-electron chi connectivity index (χ1n) is 10.00. The van der Waals surface area contributed by atoms with Gasteiger partial charge in [-0.2, -0.15) is 9.78 Å². The van der Waals surface area contributed by atoms with Gasteiger partial charge in [-0.25, -0.2) is 9.97 Å². The molecule has 0 bridgehead atoms. The zero-order valence-corrected chi connectivity index (χ0v) is 16.9. The third-order valence-electron chi connectivity index (χ3n) is 5.05. The van der Waals surface area contributed by atoms with Crippen LogP contribution in [0, 0.1) is 0 Å². The number of para-hydroxylation sites is 1. The number of benzene rings is 2. The number of pyridine rings is 1. The SMILES string of the molecule is O=C(NCc1ccc(-n2ccnc2)nc1)c1nn(-c2ccccc2)c(=O)c2ccccc12.